The second-order valence-electron chi connectivity index (χ2n) is 3.35. The van der Waals surface area contributed by atoms with Gasteiger partial charge in [-0.1, -0.05) is 13.3 Å². The van der Waals surface area contributed by atoms with E-state index < -0.39 is 0 Å². The van der Waals surface area contributed by atoms with Crippen molar-refractivity contribution in [1.82, 2.24) is 0 Å². The molecule has 1 aliphatic rings. The highest BCUT2D eigenvalue weighted by Gasteiger charge is 2.18. The zero-order valence-corrected chi connectivity index (χ0v) is 7.55. The lowest BCUT2D eigenvalue weighted by Gasteiger charge is -2.10. The summed E-state index contributed by atoms with van der Waals surface area (Å²) in [6.45, 7) is 3.68. The number of hydrogen-bond donors (Lipinski definition) is 0. The molecule has 0 saturated heterocycles. The van der Waals surface area contributed by atoms with Gasteiger partial charge >= 0.3 is 5.97 Å². The SMILES string of the molecule is [CH2]CCCC(=O)OC1CCCC1. The summed E-state index contributed by atoms with van der Waals surface area (Å²) in [5.41, 5.74) is 0. The Kier molecular flexibility index (Phi) is 4.12. The number of unbranched alkanes of at least 4 members (excludes halogenated alkanes) is 1. The summed E-state index contributed by atoms with van der Waals surface area (Å²) in [4.78, 5) is 11.1. The number of ether oxygens (including phenoxy) is 1. The molecule has 0 aromatic rings. The quantitative estimate of drug-likeness (QED) is 0.604. The van der Waals surface area contributed by atoms with Gasteiger partial charge in [0.1, 0.15) is 6.10 Å². The Bertz CT molecular complexity index is 137. The van der Waals surface area contributed by atoms with Crippen molar-refractivity contribution in [2.24, 2.45) is 0 Å². The molecule has 1 radical (unpaired) electrons. The van der Waals surface area contributed by atoms with Crippen LogP contribution in [0.1, 0.15) is 44.9 Å². The molecule has 0 amide bonds. The Morgan fingerprint density at radius 1 is 1.42 bits per heavy atom. The molecule has 69 valence electrons. The van der Waals surface area contributed by atoms with Gasteiger partial charge in [-0.15, -0.1) is 0 Å². The molecular formula is C10H17O2. The topological polar surface area (TPSA) is 26.3 Å². The maximum atomic E-state index is 11.1. The summed E-state index contributed by atoms with van der Waals surface area (Å²) in [6.07, 6.45) is 7.00. The molecule has 0 atom stereocenters. The molecule has 0 spiro atoms. The molecule has 0 aromatic carbocycles. The summed E-state index contributed by atoms with van der Waals surface area (Å²) in [7, 11) is 0. The van der Waals surface area contributed by atoms with Crippen LogP contribution in [0, 0.1) is 6.92 Å². The third-order valence-electron chi connectivity index (χ3n) is 2.23. The Morgan fingerprint density at radius 2 is 2.08 bits per heavy atom. The Morgan fingerprint density at radius 3 is 2.67 bits per heavy atom. The lowest BCUT2D eigenvalue weighted by atomic mass is 10.2. The van der Waals surface area contributed by atoms with Crippen LogP contribution in [0.3, 0.4) is 0 Å². The van der Waals surface area contributed by atoms with Crippen LogP contribution < -0.4 is 0 Å². The summed E-state index contributed by atoms with van der Waals surface area (Å²) < 4.78 is 5.25. The van der Waals surface area contributed by atoms with Gasteiger partial charge in [0.15, 0.2) is 0 Å². The van der Waals surface area contributed by atoms with Crippen LogP contribution in [0.5, 0.6) is 0 Å². The smallest absolute Gasteiger partial charge is 0.306 e. The van der Waals surface area contributed by atoms with Crippen molar-refractivity contribution < 1.29 is 9.53 Å². The second kappa shape index (κ2) is 5.18. The lowest BCUT2D eigenvalue weighted by molar-refractivity contribution is -0.148. The average Bonchev–Trinajstić information content (AvgIpc) is 2.53. The van der Waals surface area contributed by atoms with Crippen molar-refractivity contribution in [1.29, 1.82) is 0 Å². The number of hydrogen-bond acceptors (Lipinski definition) is 2. The number of rotatable bonds is 4. The van der Waals surface area contributed by atoms with Gasteiger partial charge in [-0.05, 0) is 32.1 Å². The van der Waals surface area contributed by atoms with Crippen LogP contribution in [0.15, 0.2) is 0 Å². The van der Waals surface area contributed by atoms with E-state index >= 15 is 0 Å². The predicted molar refractivity (Wildman–Crippen MR) is 47.6 cm³/mol. The largest absolute Gasteiger partial charge is 0.462 e. The minimum Gasteiger partial charge on any atom is -0.462 e. The first-order valence-corrected chi connectivity index (χ1v) is 4.81. The van der Waals surface area contributed by atoms with Crippen molar-refractivity contribution in [3.63, 3.8) is 0 Å². The zero-order valence-electron chi connectivity index (χ0n) is 7.55. The summed E-state index contributed by atoms with van der Waals surface area (Å²) in [5.74, 6) is -0.0365. The van der Waals surface area contributed by atoms with E-state index in [4.69, 9.17) is 4.74 Å². The number of carbonyl (C=O) groups excluding carboxylic acids is 1. The van der Waals surface area contributed by atoms with E-state index in [0.29, 0.717) is 6.42 Å². The Balaban J connectivity index is 2.08. The summed E-state index contributed by atoms with van der Waals surface area (Å²) >= 11 is 0. The highest BCUT2D eigenvalue weighted by molar-refractivity contribution is 5.69. The molecule has 0 aliphatic heterocycles. The highest BCUT2D eigenvalue weighted by Crippen LogP contribution is 2.21. The lowest BCUT2D eigenvalue weighted by Crippen LogP contribution is -2.14. The van der Waals surface area contributed by atoms with Gasteiger partial charge < -0.3 is 4.74 Å². The number of esters is 1. The van der Waals surface area contributed by atoms with Crippen LogP contribution in [0.4, 0.5) is 0 Å². The van der Waals surface area contributed by atoms with Crippen LogP contribution >= 0.6 is 0 Å². The highest BCUT2D eigenvalue weighted by atomic mass is 16.5. The standard InChI is InChI=1S/C10H17O2/c1-2-3-8-10(11)12-9-6-4-5-7-9/h9H,1-8H2. The first-order valence-electron chi connectivity index (χ1n) is 4.81. The van der Waals surface area contributed by atoms with E-state index in [1.807, 2.05) is 0 Å². The molecule has 12 heavy (non-hydrogen) atoms. The van der Waals surface area contributed by atoms with Crippen LogP contribution in [-0.2, 0) is 9.53 Å². The fraction of sp³-hybridized carbons (Fsp3) is 0.800. The maximum Gasteiger partial charge on any atom is 0.306 e. The molecule has 0 aromatic heterocycles. The fourth-order valence-electron chi connectivity index (χ4n) is 1.52. The number of carbonyl (C=O) groups is 1. The summed E-state index contributed by atoms with van der Waals surface area (Å²) in [5, 5.41) is 0. The molecule has 1 saturated carbocycles. The monoisotopic (exact) mass is 169 g/mol. The van der Waals surface area contributed by atoms with E-state index in [1.165, 1.54) is 12.8 Å². The second-order valence-corrected chi connectivity index (χ2v) is 3.35. The Labute approximate surface area is 74.3 Å². The van der Waals surface area contributed by atoms with Crippen LogP contribution in [-0.4, -0.2) is 12.1 Å². The van der Waals surface area contributed by atoms with E-state index in [2.05, 4.69) is 6.92 Å². The molecule has 1 aliphatic carbocycles. The summed E-state index contributed by atoms with van der Waals surface area (Å²) in [6, 6.07) is 0. The van der Waals surface area contributed by atoms with Gasteiger partial charge in [-0.3, -0.25) is 4.79 Å². The van der Waals surface area contributed by atoms with Gasteiger partial charge in [0.2, 0.25) is 0 Å². The third-order valence-corrected chi connectivity index (χ3v) is 2.23. The van der Waals surface area contributed by atoms with Gasteiger partial charge in [0.25, 0.3) is 0 Å². The van der Waals surface area contributed by atoms with Crippen molar-refractivity contribution in [3.8, 4) is 0 Å². The van der Waals surface area contributed by atoms with E-state index in [0.717, 1.165) is 25.7 Å². The van der Waals surface area contributed by atoms with Crippen LogP contribution in [0.25, 0.3) is 0 Å². The van der Waals surface area contributed by atoms with E-state index in [-0.39, 0.29) is 12.1 Å². The molecular weight excluding hydrogens is 152 g/mol. The van der Waals surface area contributed by atoms with Gasteiger partial charge in [-0.2, -0.15) is 0 Å². The van der Waals surface area contributed by atoms with Crippen molar-refractivity contribution in [3.05, 3.63) is 6.92 Å². The minimum absolute atomic E-state index is 0.0365. The molecule has 0 heterocycles. The minimum atomic E-state index is -0.0365. The Hall–Kier alpha value is -0.530. The first kappa shape index (κ1) is 9.56. The predicted octanol–water partition coefficient (Wildman–Crippen LogP) is 2.48. The van der Waals surface area contributed by atoms with Crippen molar-refractivity contribution in [2.45, 2.75) is 51.0 Å². The van der Waals surface area contributed by atoms with Crippen LogP contribution in [0.2, 0.25) is 0 Å². The van der Waals surface area contributed by atoms with Gasteiger partial charge in [0.05, 0.1) is 0 Å². The average molecular weight is 169 g/mol. The first-order chi connectivity index (χ1) is 5.83. The van der Waals surface area contributed by atoms with E-state index in [1.54, 1.807) is 0 Å². The van der Waals surface area contributed by atoms with Crippen molar-refractivity contribution in [2.75, 3.05) is 0 Å². The molecule has 0 N–H and O–H groups in total. The molecule has 2 nitrogen and oxygen atoms in total. The molecule has 1 rings (SSSR count). The third kappa shape index (κ3) is 3.24. The van der Waals surface area contributed by atoms with E-state index in [9.17, 15) is 4.79 Å². The van der Waals surface area contributed by atoms with Gasteiger partial charge in [0, 0.05) is 6.42 Å². The molecule has 0 bridgehead atoms. The zero-order chi connectivity index (χ0) is 8.81. The molecule has 1 fully saturated rings. The van der Waals surface area contributed by atoms with Gasteiger partial charge in [-0.25, -0.2) is 0 Å². The normalized spacial score (nSPS) is 18.1. The molecule has 0 unspecified atom stereocenters. The maximum absolute atomic E-state index is 11.1. The van der Waals surface area contributed by atoms with Crippen molar-refractivity contribution >= 4 is 5.97 Å². The fourth-order valence-corrected chi connectivity index (χ4v) is 1.52. The molecule has 2 heteroatoms.